The fourth-order valence-corrected chi connectivity index (χ4v) is 5.51. The lowest BCUT2D eigenvalue weighted by atomic mass is 9.76. The zero-order valence-corrected chi connectivity index (χ0v) is 22.0. The predicted molar refractivity (Wildman–Crippen MR) is 139 cm³/mol. The summed E-state index contributed by atoms with van der Waals surface area (Å²) >= 11 is 0. The van der Waals surface area contributed by atoms with Gasteiger partial charge in [0, 0.05) is 29.8 Å². The number of ether oxygens (including phenoxy) is 6. The molecule has 0 saturated heterocycles. The first-order valence-electron chi connectivity index (χ1n) is 12.1. The smallest absolute Gasteiger partial charge is 0.177 e. The summed E-state index contributed by atoms with van der Waals surface area (Å²) in [6.07, 6.45) is 2.44. The Morgan fingerprint density at radius 1 is 0.757 bits per heavy atom. The van der Waals surface area contributed by atoms with Gasteiger partial charge in [0.1, 0.15) is 5.75 Å². The van der Waals surface area contributed by atoms with Crippen LogP contribution in [0.2, 0.25) is 0 Å². The average Bonchev–Trinajstić information content (AvgIpc) is 2.94. The highest BCUT2D eigenvalue weighted by Gasteiger charge is 2.39. The van der Waals surface area contributed by atoms with Crippen LogP contribution in [0.3, 0.4) is 0 Å². The number of likely N-dealkylation sites (N-methyl/N-ethyl adjacent to an activating group) is 1. The van der Waals surface area contributed by atoms with Crippen molar-refractivity contribution in [3.8, 4) is 51.4 Å². The van der Waals surface area contributed by atoms with Gasteiger partial charge in [-0.2, -0.15) is 0 Å². The molecule has 1 aliphatic heterocycles. The molecule has 0 N–H and O–H groups in total. The number of hydrogen-bond acceptors (Lipinski definition) is 8. The normalized spacial score (nSPS) is 15.8. The fourth-order valence-electron chi connectivity index (χ4n) is 5.51. The minimum absolute atomic E-state index is 0.161. The van der Waals surface area contributed by atoms with Crippen molar-refractivity contribution < 1.29 is 33.2 Å². The van der Waals surface area contributed by atoms with Crippen LogP contribution >= 0.6 is 0 Å². The second kappa shape index (κ2) is 9.86. The summed E-state index contributed by atoms with van der Waals surface area (Å²) in [5, 5.41) is 0. The van der Waals surface area contributed by atoms with E-state index in [4.69, 9.17) is 28.4 Å². The maximum atomic E-state index is 12.1. The lowest BCUT2D eigenvalue weighted by Crippen LogP contribution is -2.35. The quantitative estimate of drug-likeness (QED) is 0.392. The summed E-state index contributed by atoms with van der Waals surface area (Å²) in [7, 11) is 10.1. The van der Waals surface area contributed by atoms with E-state index in [0.717, 1.165) is 42.4 Å². The third kappa shape index (κ3) is 3.92. The number of methoxy groups -OCH3 is 5. The summed E-state index contributed by atoms with van der Waals surface area (Å²) < 4.78 is 34.9. The number of rotatable bonds is 8. The third-order valence-corrected chi connectivity index (χ3v) is 7.34. The zero-order valence-electron chi connectivity index (χ0n) is 22.0. The molecule has 0 radical (unpaired) electrons. The van der Waals surface area contributed by atoms with Crippen molar-refractivity contribution in [2.45, 2.75) is 18.9 Å². The van der Waals surface area contributed by atoms with Crippen LogP contribution in [0, 0.1) is 0 Å². The molecular weight excluding hydrogens is 474 g/mol. The van der Waals surface area contributed by atoms with Crippen LogP contribution in [0.25, 0.3) is 11.1 Å². The fraction of sp³-hybridized carbons (Fsp3) is 0.345. The molecule has 1 atom stereocenters. The van der Waals surface area contributed by atoms with E-state index in [2.05, 4.69) is 18.0 Å². The van der Waals surface area contributed by atoms with Crippen LogP contribution in [0.1, 0.15) is 33.1 Å². The van der Waals surface area contributed by atoms with Crippen LogP contribution < -0.4 is 28.4 Å². The van der Waals surface area contributed by atoms with Gasteiger partial charge in [0.2, 0.25) is 0 Å². The minimum atomic E-state index is 0.161. The number of carbonyl (C=O) groups excluding carboxylic acids is 1. The highest BCUT2D eigenvalue weighted by Crippen LogP contribution is 2.57. The predicted octanol–water partition coefficient (Wildman–Crippen LogP) is 5.09. The lowest BCUT2D eigenvalue weighted by molar-refractivity contribution is 0.112. The maximum Gasteiger partial charge on any atom is 0.177 e. The molecular formula is C29H31NO7. The molecule has 194 valence electrons. The topological polar surface area (TPSA) is 75.7 Å². The molecule has 0 bridgehead atoms. The Balaban J connectivity index is 1.83. The highest BCUT2D eigenvalue weighted by molar-refractivity contribution is 5.89. The van der Waals surface area contributed by atoms with Crippen molar-refractivity contribution >= 4 is 6.29 Å². The van der Waals surface area contributed by atoms with Crippen LogP contribution in [0.5, 0.6) is 40.2 Å². The Hall–Kier alpha value is -3.91. The molecule has 2 aliphatic rings. The molecule has 0 aromatic heterocycles. The van der Waals surface area contributed by atoms with E-state index in [1.165, 1.54) is 18.2 Å². The van der Waals surface area contributed by atoms with Crippen molar-refractivity contribution in [3.63, 3.8) is 0 Å². The van der Waals surface area contributed by atoms with Crippen LogP contribution in [0.4, 0.5) is 0 Å². The molecule has 3 aromatic carbocycles. The summed E-state index contributed by atoms with van der Waals surface area (Å²) in [4.78, 5) is 14.4. The molecule has 1 heterocycles. The molecule has 0 fully saturated rings. The molecule has 5 rings (SSSR count). The van der Waals surface area contributed by atoms with E-state index >= 15 is 0 Å². The second-order valence-electron chi connectivity index (χ2n) is 9.11. The van der Waals surface area contributed by atoms with Crippen molar-refractivity contribution in [3.05, 3.63) is 52.6 Å². The van der Waals surface area contributed by atoms with E-state index in [1.807, 2.05) is 12.1 Å². The summed E-state index contributed by atoms with van der Waals surface area (Å²) in [5.74, 6) is 3.56. The first-order valence-corrected chi connectivity index (χ1v) is 12.1. The second-order valence-corrected chi connectivity index (χ2v) is 9.11. The van der Waals surface area contributed by atoms with Gasteiger partial charge in [-0.1, -0.05) is 6.07 Å². The number of hydrogen-bond donors (Lipinski definition) is 0. The SMILES string of the molecule is COc1cc(C=O)c(Oc2c(OC)cc3c4c2-c2c(ccc(OC)c2OC)C[C@@H]4N(C)CC3)cc1OC. The van der Waals surface area contributed by atoms with Crippen molar-refractivity contribution in [1.29, 1.82) is 0 Å². The molecule has 0 amide bonds. The zero-order chi connectivity index (χ0) is 26.3. The number of benzene rings is 3. The first kappa shape index (κ1) is 24.8. The number of nitrogens with zero attached hydrogens (tertiary/aromatic N) is 1. The van der Waals surface area contributed by atoms with Gasteiger partial charge < -0.3 is 28.4 Å². The Morgan fingerprint density at radius 2 is 1.46 bits per heavy atom. The standard InChI is InChI=1S/C29H31NO7/c1-30-10-9-17-12-24(35-5)29(37-21-14-23(34-4)22(33-3)13-18(21)15-31)27-25(17)19(30)11-16-7-8-20(32-2)28(36-6)26(16)27/h7-8,12-15,19H,9-11H2,1-6H3/t19-/m0/s1. The van der Waals surface area contributed by atoms with Crippen molar-refractivity contribution in [2.75, 3.05) is 49.1 Å². The van der Waals surface area contributed by atoms with Gasteiger partial charge >= 0.3 is 0 Å². The Morgan fingerprint density at radius 3 is 2.11 bits per heavy atom. The Labute approximate surface area is 216 Å². The third-order valence-electron chi connectivity index (χ3n) is 7.34. The number of fused-ring (bicyclic) bond motifs is 2. The lowest BCUT2D eigenvalue weighted by Gasteiger charge is -2.41. The average molecular weight is 506 g/mol. The number of aldehydes is 1. The molecule has 0 spiro atoms. The van der Waals surface area contributed by atoms with Gasteiger partial charge in [-0.25, -0.2) is 0 Å². The van der Waals surface area contributed by atoms with Gasteiger partial charge in [-0.15, -0.1) is 0 Å². The van der Waals surface area contributed by atoms with Gasteiger partial charge in [-0.05, 0) is 54.8 Å². The summed E-state index contributed by atoms with van der Waals surface area (Å²) in [6.45, 7) is 0.939. The van der Waals surface area contributed by atoms with E-state index in [0.29, 0.717) is 45.8 Å². The Bertz CT molecular complexity index is 1370. The molecule has 1 aliphatic carbocycles. The highest BCUT2D eigenvalue weighted by atomic mass is 16.5. The van der Waals surface area contributed by atoms with E-state index in [-0.39, 0.29) is 6.04 Å². The number of carbonyl (C=O) groups is 1. The van der Waals surface area contributed by atoms with Gasteiger partial charge in [0.15, 0.2) is 40.8 Å². The van der Waals surface area contributed by atoms with Gasteiger partial charge in [-0.3, -0.25) is 9.69 Å². The monoisotopic (exact) mass is 505 g/mol. The van der Waals surface area contributed by atoms with Crippen molar-refractivity contribution in [1.82, 2.24) is 4.90 Å². The molecule has 0 unspecified atom stereocenters. The van der Waals surface area contributed by atoms with Crippen LogP contribution in [-0.2, 0) is 12.8 Å². The molecule has 8 nitrogen and oxygen atoms in total. The summed E-state index contributed by atoms with van der Waals surface area (Å²) in [5.41, 5.74) is 5.63. The summed E-state index contributed by atoms with van der Waals surface area (Å²) in [6, 6.07) is 9.49. The minimum Gasteiger partial charge on any atom is -0.493 e. The first-order chi connectivity index (χ1) is 18.0. The molecule has 3 aromatic rings. The molecule has 37 heavy (non-hydrogen) atoms. The van der Waals surface area contributed by atoms with Gasteiger partial charge in [0.05, 0.1) is 41.1 Å². The van der Waals surface area contributed by atoms with Crippen LogP contribution in [-0.4, -0.2) is 60.3 Å². The molecule has 8 heteroatoms. The largest absolute Gasteiger partial charge is 0.493 e. The van der Waals surface area contributed by atoms with Gasteiger partial charge in [0.25, 0.3) is 0 Å². The van der Waals surface area contributed by atoms with Crippen LogP contribution in [0.15, 0.2) is 30.3 Å². The maximum absolute atomic E-state index is 12.1. The molecule has 0 saturated carbocycles. The van der Waals surface area contributed by atoms with E-state index in [1.54, 1.807) is 40.6 Å². The van der Waals surface area contributed by atoms with Crippen molar-refractivity contribution in [2.24, 2.45) is 0 Å². The van der Waals surface area contributed by atoms with E-state index in [9.17, 15) is 4.79 Å². The Kier molecular flexibility index (Phi) is 6.60. The van der Waals surface area contributed by atoms with E-state index < -0.39 is 0 Å².